The molecule has 3 aromatic rings. The summed E-state index contributed by atoms with van der Waals surface area (Å²) in [7, 11) is 0. The molecule has 3 aromatic heterocycles. The van der Waals surface area contributed by atoms with Crippen LogP contribution in [0.4, 0.5) is 23.1 Å². The molecule has 0 atom stereocenters. The van der Waals surface area contributed by atoms with E-state index in [1.54, 1.807) is 0 Å². The summed E-state index contributed by atoms with van der Waals surface area (Å²) in [5.74, 6) is 3.29. The third-order valence-electron chi connectivity index (χ3n) is 4.99. The number of H-pyrrole nitrogens is 1. The normalized spacial score (nSPS) is 13.0. The summed E-state index contributed by atoms with van der Waals surface area (Å²) < 4.78 is 5.81. The number of aromatic nitrogens is 4. The number of hydrogen-bond acceptors (Lipinski definition) is 6. The lowest BCUT2D eigenvalue weighted by Gasteiger charge is -2.13. The second-order valence-electron chi connectivity index (χ2n) is 7.55. The molecule has 3 N–H and O–H groups in total. The third-order valence-corrected chi connectivity index (χ3v) is 4.99. The maximum atomic E-state index is 7.51. The van der Waals surface area contributed by atoms with Crippen LogP contribution in [0.1, 0.15) is 41.4 Å². The van der Waals surface area contributed by atoms with E-state index in [0.717, 1.165) is 34.2 Å². The van der Waals surface area contributed by atoms with E-state index in [9.17, 15) is 0 Å². The minimum absolute atomic E-state index is 0.436. The fourth-order valence-electron chi connectivity index (χ4n) is 3.29. The maximum Gasteiger partial charge on any atom is 0.231 e. The van der Waals surface area contributed by atoms with Crippen LogP contribution in [-0.2, 0) is 0 Å². The van der Waals surface area contributed by atoms with Gasteiger partial charge in [0.25, 0.3) is 0 Å². The lowest BCUT2D eigenvalue weighted by Crippen LogP contribution is -2.13. The number of hydrogen-bond donors (Lipinski definition) is 3. The Morgan fingerprint density at radius 3 is 2.73 bits per heavy atom. The summed E-state index contributed by atoms with van der Waals surface area (Å²) in [6.07, 6.45) is 2.43. The van der Waals surface area contributed by atoms with Crippen molar-refractivity contribution in [3.8, 4) is 5.75 Å². The highest BCUT2D eigenvalue weighted by molar-refractivity contribution is 5.73. The number of aryl methyl sites for hydroxylation is 3. The molecule has 0 saturated heterocycles. The molecule has 4 rings (SSSR count). The number of nitrogens with zero attached hydrogens (tertiary/aromatic N) is 4. The first-order chi connectivity index (χ1) is 14.5. The van der Waals surface area contributed by atoms with Gasteiger partial charge in [-0.2, -0.15) is 5.10 Å². The molecule has 1 aliphatic rings. The van der Waals surface area contributed by atoms with Gasteiger partial charge in [0.15, 0.2) is 5.82 Å². The smallest absolute Gasteiger partial charge is 0.231 e. The molecule has 30 heavy (non-hydrogen) atoms. The summed E-state index contributed by atoms with van der Waals surface area (Å²) in [5.41, 5.74) is 4.34. The summed E-state index contributed by atoms with van der Waals surface area (Å²) in [5, 5.41) is 13.9. The molecule has 0 spiro atoms. The van der Waals surface area contributed by atoms with Crippen LogP contribution in [0.25, 0.3) is 4.85 Å². The Hall–Kier alpha value is -3.60. The van der Waals surface area contributed by atoms with Gasteiger partial charge in [0, 0.05) is 29.9 Å². The first-order valence-electron chi connectivity index (χ1n) is 10.1. The molecule has 154 valence electrons. The zero-order valence-corrected chi connectivity index (χ0v) is 17.4. The number of aromatic amines is 1. The van der Waals surface area contributed by atoms with Crippen LogP contribution in [-0.4, -0.2) is 33.3 Å². The molecule has 0 unspecified atom stereocenters. The van der Waals surface area contributed by atoms with Crippen molar-refractivity contribution < 1.29 is 4.74 Å². The Morgan fingerprint density at radius 2 is 2.00 bits per heavy atom. The van der Waals surface area contributed by atoms with Gasteiger partial charge in [-0.05, 0) is 57.4 Å². The van der Waals surface area contributed by atoms with E-state index in [4.69, 9.17) is 11.3 Å². The highest BCUT2D eigenvalue weighted by Crippen LogP contribution is 2.39. The van der Waals surface area contributed by atoms with E-state index < -0.39 is 0 Å². The monoisotopic (exact) mass is 403 g/mol. The van der Waals surface area contributed by atoms with Gasteiger partial charge >= 0.3 is 0 Å². The van der Waals surface area contributed by atoms with E-state index in [-0.39, 0.29) is 0 Å². The van der Waals surface area contributed by atoms with E-state index in [1.807, 2.05) is 45.0 Å². The van der Waals surface area contributed by atoms with E-state index in [2.05, 4.69) is 35.6 Å². The lowest BCUT2D eigenvalue weighted by molar-refractivity contribution is 0.328. The Morgan fingerprint density at radius 1 is 1.17 bits per heavy atom. The standard InChI is InChI=1S/C22H25N7O/c1-13-11-19(26-20-12-17(28-29-20)16-6-7-16)27-22(21(13)23-4)24-9-10-30-18-8-5-14(2)25-15(18)3/h5,8,11-12,16H,6-7,9-10H2,1-3H3,(H3,24,26,27,28,29). The Kier molecular flexibility index (Phi) is 5.53. The zero-order valence-electron chi connectivity index (χ0n) is 17.4. The molecule has 1 aliphatic carbocycles. The van der Waals surface area contributed by atoms with Crippen LogP contribution in [0.15, 0.2) is 24.3 Å². The summed E-state index contributed by atoms with van der Waals surface area (Å²) in [6.45, 7) is 14.2. The van der Waals surface area contributed by atoms with Crippen molar-refractivity contribution in [2.45, 2.75) is 39.5 Å². The Balaban J connectivity index is 1.41. The SMILES string of the molecule is [C-]#[N+]c1c(C)cc(Nc2cc(C3CC3)[nH]n2)nc1NCCOc1ccc(C)nc1C. The predicted molar refractivity (Wildman–Crippen MR) is 117 cm³/mol. The van der Waals surface area contributed by atoms with Gasteiger partial charge in [-0.1, -0.05) is 0 Å². The molecular formula is C22H25N7O. The van der Waals surface area contributed by atoms with Crippen LogP contribution < -0.4 is 15.4 Å². The van der Waals surface area contributed by atoms with Crippen molar-refractivity contribution in [2.75, 3.05) is 23.8 Å². The van der Waals surface area contributed by atoms with Crippen LogP contribution in [0.5, 0.6) is 5.75 Å². The molecule has 0 radical (unpaired) electrons. The topological polar surface area (TPSA) is 92.1 Å². The Bertz CT molecular complexity index is 1100. The van der Waals surface area contributed by atoms with Crippen molar-refractivity contribution in [3.63, 3.8) is 0 Å². The van der Waals surface area contributed by atoms with Crippen molar-refractivity contribution in [1.82, 2.24) is 20.2 Å². The minimum Gasteiger partial charge on any atom is -0.490 e. The van der Waals surface area contributed by atoms with Crippen molar-refractivity contribution in [2.24, 2.45) is 0 Å². The number of ether oxygens (including phenoxy) is 1. The number of nitrogens with one attached hydrogen (secondary N) is 3. The van der Waals surface area contributed by atoms with Gasteiger partial charge in [0.05, 0.1) is 12.3 Å². The zero-order chi connectivity index (χ0) is 21.1. The summed E-state index contributed by atoms with van der Waals surface area (Å²) >= 11 is 0. The Labute approximate surface area is 175 Å². The van der Waals surface area contributed by atoms with Gasteiger partial charge < -0.3 is 15.4 Å². The lowest BCUT2D eigenvalue weighted by atomic mass is 10.2. The van der Waals surface area contributed by atoms with E-state index >= 15 is 0 Å². The minimum atomic E-state index is 0.436. The van der Waals surface area contributed by atoms with E-state index in [1.165, 1.54) is 12.8 Å². The molecule has 0 bridgehead atoms. The van der Waals surface area contributed by atoms with Gasteiger partial charge in [0.1, 0.15) is 24.0 Å². The number of pyridine rings is 2. The van der Waals surface area contributed by atoms with E-state index in [0.29, 0.717) is 36.4 Å². The molecule has 1 saturated carbocycles. The highest BCUT2D eigenvalue weighted by atomic mass is 16.5. The molecular weight excluding hydrogens is 378 g/mol. The fourth-order valence-corrected chi connectivity index (χ4v) is 3.29. The molecule has 1 fully saturated rings. The van der Waals surface area contributed by atoms with Gasteiger partial charge in [-0.25, -0.2) is 9.83 Å². The van der Waals surface area contributed by atoms with Crippen molar-refractivity contribution >= 4 is 23.1 Å². The van der Waals surface area contributed by atoms with Gasteiger partial charge in [0.2, 0.25) is 5.69 Å². The molecule has 8 heteroatoms. The molecule has 0 amide bonds. The van der Waals surface area contributed by atoms with Crippen LogP contribution in [0.2, 0.25) is 0 Å². The summed E-state index contributed by atoms with van der Waals surface area (Å²) in [4.78, 5) is 12.6. The average molecular weight is 403 g/mol. The van der Waals surface area contributed by atoms with Crippen molar-refractivity contribution in [1.29, 1.82) is 0 Å². The molecule has 3 heterocycles. The first-order valence-corrected chi connectivity index (χ1v) is 10.1. The second-order valence-corrected chi connectivity index (χ2v) is 7.55. The third kappa shape index (κ3) is 4.51. The number of anilines is 3. The average Bonchev–Trinajstić information content (AvgIpc) is 3.46. The number of rotatable bonds is 8. The molecule has 0 aliphatic heterocycles. The highest BCUT2D eigenvalue weighted by Gasteiger charge is 2.25. The molecule has 0 aromatic carbocycles. The predicted octanol–water partition coefficient (Wildman–Crippen LogP) is 4.79. The summed E-state index contributed by atoms with van der Waals surface area (Å²) in [6, 6.07) is 7.74. The maximum absolute atomic E-state index is 7.51. The van der Waals surface area contributed by atoms with Crippen LogP contribution in [0.3, 0.4) is 0 Å². The van der Waals surface area contributed by atoms with Crippen molar-refractivity contribution in [3.05, 3.63) is 58.3 Å². The fraction of sp³-hybridized carbons (Fsp3) is 0.364. The molecule has 8 nitrogen and oxygen atoms in total. The van der Waals surface area contributed by atoms with Crippen LogP contribution >= 0.6 is 0 Å². The van der Waals surface area contributed by atoms with Crippen LogP contribution in [0, 0.1) is 27.3 Å². The van der Waals surface area contributed by atoms with Gasteiger partial charge in [-0.15, -0.1) is 0 Å². The second kappa shape index (κ2) is 8.41. The first kappa shape index (κ1) is 19.7. The largest absolute Gasteiger partial charge is 0.490 e. The quantitative estimate of drug-likeness (QED) is 0.370. The van der Waals surface area contributed by atoms with Gasteiger partial charge in [-0.3, -0.25) is 10.1 Å².